The summed E-state index contributed by atoms with van der Waals surface area (Å²) < 4.78 is 6.26. The number of nitrogens with two attached hydrogens (primary N) is 1. The molecule has 0 fully saturated rings. The predicted molar refractivity (Wildman–Crippen MR) is 84.1 cm³/mol. The number of methoxy groups -OCH3 is 1. The second-order valence-electron chi connectivity index (χ2n) is 3.92. The van der Waals surface area contributed by atoms with Crippen molar-refractivity contribution in [1.29, 1.82) is 0 Å². The van der Waals surface area contributed by atoms with Crippen molar-refractivity contribution in [2.75, 3.05) is 7.11 Å². The Morgan fingerprint density at radius 3 is 2.84 bits per heavy atom. The van der Waals surface area contributed by atoms with E-state index < -0.39 is 0 Å². The van der Waals surface area contributed by atoms with Crippen LogP contribution in [0.2, 0.25) is 5.02 Å². The molecule has 0 aliphatic carbocycles. The fourth-order valence-corrected chi connectivity index (χ4v) is 2.63. The Bertz CT molecular complexity index is 580. The van der Waals surface area contributed by atoms with Crippen LogP contribution < -0.4 is 16.0 Å². The zero-order valence-electron chi connectivity index (χ0n) is 10.2. The van der Waals surface area contributed by atoms with Crippen LogP contribution in [0, 0.1) is 3.57 Å². The summed E-state index contributed by atoms with van der Waals surface area (Å²) in [5.74, 6) is 6.37. The van der Waals surface area contributed by atoms with Gasteiger partial charge in [0, 0.05) is 14.8 Å². The van der Waals surface area contributed by atoms with Crippen LogP contribution in [0.3, 0.4) is 0 Å². The van der Waals surface area contributed by atoms with Crippen molar-refractivity contribution in [3.63, 3.8) is 0 Å². The third kappa shape index (κ3) is 3.36. The Morgan fingerprint density at radius 1 is 1.37 bits per heavy atom. The van der Waals surface area contributed by atoms with E-state index in [1.165, 1.54) is 0 Å². The molecule has 1 aromatic heterocycles. The molecular weight excluding hydrogens is 377 g/mol. The molecule has 0 saturated carbocycles. The van der Waals surface area contributed by atoms with Gasteiger partial charge in [0.15, 0.2) is 0 Å². The molecule has 0 bridgehead atoms. The number of hydrogen-bond donors (Lipinski definition) is 2. The van der Waals surface area contributed by atoms with Crippen LogP contribution in [-0.4, -0.2) is 12.1 Å². The van der Waals surface area contributed by atoms with Gasteiger partial charge in [-0.1, -0.05) is 11.6 Å². The van der Waals surface area contributed by atoms with Crippen LogP contribution in [0.25, 0.3) is 0 Å². The molecule has 1 atom stereocenters. The third-order valence-corrected chi connectivity index (χ3v) is 3.96. The van der Waals surface area contributed by atoms with Crippen molar-refractivity contribution < 1.29 is 4.74 Å². The fraction of sp³-hybridized carbons (Fsp3) is 0.154. The van der Waals surface area contributed by atoms with Gasteiger partial charge in [0.05, 0.1) is 19.3 Å². The van der Waals surface area contributed by atoms with Crippen LogP contribution in [0.5, 0.6) is 5.75 Å². The van der Waals surface area contributed by atoms with Gasteiger partial charge in [-0.05, 0) is 58.0 Å². The summed E-state index contributed by atoms with van der Waals surface area (Å²) in [5.41, 5.74) is 4.72. The van der Waals surface area contributed by atoms with E-state index in [2.05, 4.69) is 33.0 Å². The maximum absolute atomic E-state index is 6.05. The number of pyridine rings is 1. The SMILES string of the molecule is COc1cncc(C(NN)c2cc(Cl)ccc2I)c1. The van der Waals surface area contributed by atoms with Crippen molar-refractivity contribution >= 4 is 34.2 Å². The van der Waals surface area contributed by atoms with Gasteiger partial charge in [-0.3, -0.25) is 10.8 Å². The molecule has 100 valence electrons. The first-order chi connectivity index (χ1) is 9.15. The fourth-order valence-electron chi connectivity index (χ4n) is 1.81. The molecule has 0 saturated heterocycles. The highest BCUT2D eigenvalue weighted by Gasteiger charge is 2.16. The molecule has 6 heteroatoms. The van der Waals surface area contributed by atoms with Crippen LogP contribution in [0.1, 0.15) is 17.2 Å². The van der Waals surface area contributed by atoms with Crippen molar-refractivity contribution in [2.45, 2.75) is 6.04 Å². The number of hydrazine groups is 1. The van der Waals surface area contributed by atoms with Crippen molar-refractivity contribution in [3.05, 3.63) is 56.4 Å². The molecule has 19 heavy (non-hydrogen) atoms. The van der Waals surface area contributed by atoms with Crippen LogP contribution in [-0.2, 0) is 0 Å². The van der Waals surface area contributed by atoms with E-state index in [1.807, 2.05) is 24.3 Å². The lowest BCUT2D eigenvalue weighted by atomic mass is 10.0. The average Bonchev–Trinajstić information content (AvgIpc) is 2.44. The summed E-state index contributed by atoms with van der Waals surface area (Å²) in [7, 11) is 1.61. The van der Waals surface area contributed by atoms with Gasteiger partial charge in [0.2, 0.25) is 0 Å². The molecular formula is C13H13ClIN3O. The first-order valence-corrected chi connectivity index (χ1v) is 7.01. The van der Waals surface area contributed by atoms with Crippen LogP contribution in [0.15, 0.2) is 36.7 Å². The predicted octanol–water partition coefficient (Wildman–Crippen LogP) is 2.90. The Kier molecular flexibility index (Phi) is 4.98. The summed E-state index contributed by atoms with van der Waals surface area (Å²) in [5, 5.41) is 0.673. The van der Waals surface area contributed by atoms with Gasteiger partial charge >= 0.3 is 0 Å². The topological polar surface area (TPSA) is 60.2 Å². The summed E-state index contributed by atoms with van der Waals surface area (Å²) in [4.78, 5) is 4.15. The lowest BCUT2D eigenvalue weighted by molar-refractivity contribution is 0.411. The average molecular weight is 390 g/mol. The van der Waals surface area contributed by atoms with E-state index in [1.54, 1.807) is 19.5 Å². The standard InChI is InChI=1S/C13H13ClIN3O/c1-19-10-4-8(6-17-7-10)13(18-16)11-5-9(14)2-3-12(11)15/h2-7,13,18H,16H2,1H3. The van der Waals surface area contributed by atoms with Gasteiger partial charge in [-0.15, -0.1) is 0 Å². The van der Waals surface area contributed by atoms with Crippen molar-refractivity contribution in [3.8, 4) is 5.75 Å². The summed E-state index contributed by atoms with van der Waals surface area (Å²) >= 11 is 8.31. The number of ether oxygens (including phenoxy) is 1. The molecule has 0 aliphatic rings. The Morgan fingerprint density at radius 2 is 2.16 bits per heavy atom. The number of rotatable bonds is 4. The normalized spacial score (nSPS) is 12.2. The highest BCUT2D eigenvalue weighted by Crippen LogP contribution is 2.29. The molecule has 3 N–H and O–H groups in total. The second kappa shape index (κ2) is 6.51. The Labute approximate surface area is 130 Å². The molecule has 0 spiro atoms. The first-order valence-electron chi connectivity index (χ1n) is 5.55. The molecule has 2 aromatic rings. The van der Waals surface area contributed by atoms with E-state index in [9.17, 15) is 0 Å². The smallest absolute Gasteiger partial charge is 0.137 e. The van der Waals surface area contributed by atoms with Gasteiger partial charge in [-0.25, -0.2) is 5.43 Å². The number of aromatic nitrogens is 1. The lowest BCUT2D eigenvalue weighted by Gasteiger charge is -2.18. The molecule has 0 amide bonds. The number of nitrogens with one attached hydrogen (secondary N) is 1. The highest BCUT2D eigenvalue weighted by atomic mass is 127. The summed E-state index contributed by atoms with van der Waals surface area (Å²) in [6, 6.07) is 7.41. The third-order valence-electron chi connectivity index (χ3n) is 2.74. The molecule has 2 rings (SSSR count). The number of benzene rings is 1. The van der Waals surface area contributed by atoms with Crippen molar-refractivity contribution in [2.24, 2.45) is 5.84 Å². The molecule has 4 nitrogen and oxygen atoms in total. The van der Waals surface area contributed by atoms with E-state index in [-0.39, 0.29) is 6.04 Å². The monoisotopic (exact) mass is 389 g/mol. The quantitative estimate of drug-likeness (QED) is 0.480. The second-order valence-corrected chi connectivity index (χ2v) is 5.52. The van der Waals surface area contributed by atoms with E-state index in [0.717, 1.165) is 14.7 Å². The van der Waals surface area contributed by atoms with Gasteiger partial charge in [0.1, 0.15) is 5.75 Å². The summed E-state index contributed by atoms with van der Waals surface area (Å²) in [6.45, 7) is 0. The zero-order chi connectivity index (χ0) is 13.8. The molecule has 1 aromatic carbocycles. The molecule has 1 heterocycles. The number of halogens is 2. The summed E-state index contributed by atoms with van der Waals surface area (Å²) in [6.07, 6.45) is 3.41. The maximum Gasteiger partial charge on any atom is 0.137 e. The van der Waals surface area contributed by atoms with Crippen LogP contribution >= 0.6 is 34.2 Å². The first kappa shape index (κ1) is 14.5. The molecule has 0 aliphatic heterocycles. The Hall–Kier alpha value is -0.890. The van der Waals surface area contributed by atoms with Crippen molar-refractivity contribution in [1.82, 2.24) is 10.4 Å². The van der Waals surface area contributed by atoms with Gasteiger partial charge < -0.3 is 4.74 Å². The maximum atomic E-state index is 6.05. The van der Waals surface area contributed by atoms with Crippen LogP contribution in [0.4, 0.5) is 0 Å². The lowest BCUT2D eigenvalue weighted by Crippen LogP contribution is -2.29. The van der Waals surface area contributed by atoms with E-state index in [0.29, 0.717) is 10.8 Å². The molecule has 0 radical (unpaired) electrons. The number of nitrogens with zero attached hydrogens (tertiary/aromatic N) is 1. The van der Waals surface area contributed by atoms with E-state index >= 15 is 0 Å². The highest BCUT2D eigenvalue weighted by molar-refractivity contribution is 14.1. The van der Waals surface area contributed by atoms with Gasteiger partial charge in [-0.2, -0.15) is 0 Å². The minimum Gasteiger partial charge on any atom is -0.495 e. The largest absolute Gasteiger partial charge is 0.495 e. The van der Waals surface area contributed by atoms with Gasteiger partial charge in [0.25, 0.3) is 0 Å². The molecule has 1 unspecified atom stereocenters. The zero-order valence-corrected chi connectivity index (χ0v) is 13.1. The Balaban J connectivity index is 2.46. The minimum atomic E-state index is -0.187. The number of hydrogen-bond acceptors (Lipinski definition) is 4. The minimum absolute atomic E-state index is 0.187. The van der Waals surface area contributed by atoms with E-state index in [4.69, 9.17) is 22.2 Å².